The first-order valence-corrected chi connectivity index (χ1v) is 3.95. The monoisotopic (exact) mass is 164 g/mol. The lowest BCUT2D eigenvalue weighted by molar-refractivity contribution is 0.0988. The number of anilines is 1. The van der Waals surface area contributed by atoms with E-state index in [1.807, 2.05) is 6.92 Å². The number of rotatable bonds is 3. The molecule has 0 aliphatic rings. The minimum absolute atomic E-state index is 0.118. The van der Waals surface area contributed by atoms with E-state index in [0.717, 1.165) is 0 Å². The van der Waals surface area contributed by atoms with Crippen molar-refractivity contribution in [1.29, 1.82) is 0 Å². The molecule has 0 aliphatic carbocycles. The van der Waals surface area contributed by atoms with Crippen molar-refractivity contribution < 1.29 is 4.79 Å². The quantitative estimate of drug-likeness (QED) is 0.691. The van der Waals surface area contributed by atoms with Crippen LogP contribution in [0.2, 0.25) is 0 Å². The molecule has 0 amide bonds. The highest BCUT2D eigenvalue weighted by Crippen LogP contribution is 2.12. The van der Waals surface area contributed by atoms with Gasteiger partial charge in [0.15, 0.2) is 5.78 Å². The molecule has 64 valence electrons. The number of aromatic nitrogens is 1. The van der Waals surface area contributed by atoms with Crippen molar-refractivity contribution >= 4 is 11.6 Å². The second-order valence-corrected chi connectivity index (χ2v) is 2.43. The molecule has 0 atom stereocenters. The lowest BCUT2D eigenvalue weighted by atomic mass is 10.1. The molecule has 0 aliphatic heterocycles. The van der Waals surface area contributed by atoms with Gasteiger partial charge in [0.25, 0.3) is 0 Å². The Kier molecular flexibility index (Phi) is 2.80. The smallest absolute Gasteiger partial charge is 0.166 e. The molecule has 1 aromatic heterocycles. The largest absolute Gasteiger partial charge is 0.373 e. The zero-order valence-corrected chi connectivity index (χ0v) is 7.29. The molecule has 12 heavy (non-hydrogen) atoms. The second kappa shape index (κ2) is 3.85. The van der Waals surface area contributed by atoms with E-state index >= 15 is 0 Å². The Morgan fingerprint density at radius 1 is 1.67 bits per heavy atom. The minimum Gasteiger partial charge on any atom is -0.373 e. The van der Waals surface area contributed by atoms with Crippen LogP contribution in [0.1, 0.15) is 23.7 Å². The lowest BCUT2D eigenvalue weighted by Crippen LogP contribution is -2.03. The summed E-state index contributed by atoms with van der Waals surface area (Å²) in [5.41, 5.74) is 0.669. The van der Waals surface area contributed by atoms with Gasteiger partial charge in [0.05, 0.1) is 5.56 Å². The molecule has 1 aromatic rings. The molecule has 0 radical (unpaired) electrons. The van der Waals surface area contributed by atoms with E-state index < -0.39 is 0 Å². The average molecular weight is 164 g/mol. The molecule has 1 N–H and O–H groups in total. The fraction of sp³-hybridized carbons (Fsp3) is 0.333. The molecular formula is C9H12N2O. The molecule has 0 saturated heterocycles. The lowest BCUT2D eigenvalue weighted by Gasteiger charge is -2.04. The van der Waals surface area contributed by atoms with Gasteiger partial charge in [-0.3, -0.25) is 4.79 Å². The van der Waals surface area contributed by atoms with Gasteiger partial charge in [0, 0.05) is 19.7 Å². The molecule has 3 nitrogen and oxygen atoms in total. The standard InChI is InChI=1S/C9H12N2O/c1-3-8(12)7-5-4-6-11-9(7)10-2/h4-6H,3H2,1-2H3,(H,10,11). The van der Waals surface area contributed by atoms with Gasteiger partial charge in [-0.25, -0.2) is 4.98 Å². The highest BCUT2D eigenvalue weighted by molar-refractivity contribution is 6.00. The van der Waals surface area contributed by atoms with Crippen molar-refractivity contribution in [2.75, 3.05) is 12.4 Å². The molecule has 0 unspecified atom stereocenters. The first kappa shape index (κ1) is 8.71. The Hall–Kier alpha value is -1.38. The fourth-order valence-corrected chi connectivity index (χ4v) is 1.02. The average Bonchev–Trinajstić information content (AvgIpc) is 2.16. The summed E-state index contributed by atoms with van der Waals surface area (Å²) < 4.78 is 0. The van der Waals surface area contributed by atoms with Gasteiger partial charge < -0.3 is 5.32 Å². The Bertz CT molecular complexity index is 284. The Balaban J connectivity index is 3.04. The van der Waals surface area contributed by atoms with Gasteiger partial charge >= 0.3 is 0 Å². The van der Waals surface area contributed by atoms with Crippen LogP contribution in [-0.4, -0.2) is 17.8 Å². The maximum absolute atomic E-state index is 11.3. The SMILES string of the molecule is CCC(=O)c1cccnc1NC. The number of pyridine rings is 1. The van der Waals surface area contributed by atoms with Crippen LogP contribution < -0.4 is 5.32 Å². The molecule has 1 rings (SSSR count). The second-order valence-electron chi connectivity index (χ2n) is 2.43. The Labute approximate surface area is 71.8 Å². The third-order valence-corrected chi connectivity index (χ3v) is 1.67. The maximum Gasteiger partial charge on any atom is 0.166 e. The number of hydrogen-bond donors (Lipinski definition) is 1. The number of carbonyl (C=O) groups is 1. The summed E-state index contributed by atoms with van der Waals surface area (Å²) in [7, 11) is 1.76. The molecule has 0 fully saturated rings. The highest BCUT2D eigenvalue weighted by atomic mass is 16.1. The fourth-order valence-electron chi connectivity index (χ4n) is 1.02. The molecule has 0 spiro atoms. The van der Waals surface area contributed by atoms with Crippen LogP contribution in [0.5, 0.6) is 0 Å². The molecule has 0 saturated carbocycles. The van der Waals surface area contributed by atoms with Crippen molar-refractivity contribution in [3.63, 3.8) is 0 Å². The predicted octanol–water partition coefficient (Wildman–Crippen LogP) is 1.72. The van der Waals surface area contributed by atoms with Crippen molar-refractivity contribution in [3.8, 4) is 0 Å². The van der Waals surface area contributed by atoms with Crippen LogP contribution in [0.4, 0.5) is 5.82 Å². The van der Waals surface area contributed by atoms with E-state index in [4.69, 9.17) is 0 Å². The summed E-state index contributed by atoms with van der Waals surface area (Å²) in [6, 6.07) is 3.55. The molecule has 3 heteroatoms. The van der Waals surface area contributed by atoms with E-state index in [2.05, 4.69) is 10.3 Å². The van der Waals surface area contributed by atoms with Gasteiger partial charge in [-0.15, -0.1) is 0 Å². The van der Waals surface area contributed by atoms with Gasteiger partial charge in [-0.1, -0.05) is 6.92 Å². The van der Waals surface area contributed by atoms with Crippen LogP contribution >= 0.6 is 0 Å². The number of nitrogens with zero attached hydrogens (tertiary/aromatic N) is 1. The summed E-state index contributed by atoms with van der Waals surface area (Å²) in [5.74, 6) is 0.775. The van der Waals surface area contributed by atoms with E-state index in [-0.39, 0.29) is 5.78 Å². The van der Waals surface area contributed by atoms with Gasteiger partial charge in [-0.05, 0) is 12.1 Å². The van der Waals surface area contributed by atoms with Crippen molar-refractivity contribution in [1.82, 2.24) is 4.98 Å². The van der Waals surface area contributed by atoms with Crippen LogP contribution in [0, 0.1) is 0 Å². The molecule has 0 bridgehead atoms. The van der Waals surface area contributed by atoms with E-state index in [1.165, 1.54) is 0 Å². The zero-order valence-electron chi connectivity index (χ0n) is 7.29. The summed E-state index contributed by atoms with van der Waals surface area (Å²) in [6.07, 6.45) is 2.18. The predicted molar refractivity (Wildman–Crippen MR) is 48.4 cm³/mol. The number of carbonyl (C=O) groups excluding carboxylic acids is 1. The summed E-state index contributed by atoms with van der Waals surface area (Å²) in [4.78, 5) is 15.3. The molecule has 1 heterocycles. The van der Waals surface area contributed by atoms with Crippen molar-refractivity contribution in [2.45, 2.75) is 13.3 Å². The van der Waals surface area contributed by atoms with Crippen molar-refractivity contribution in [3.05, 3.63) is 23.9 Å². The van der Waals surface area contributed by atoms with Gasteiger partial charge in [-0.2, -0.15) is 0 Å². The number of nitrogens with one attached hydrogen (secondary N) is 1. The van der Waals surface area contributed by atoms with E-state index in [1.54, 1.807) is 25.4 Å². The summed E-state index contributed by atoms with van der Waals surface area (Å²) in [6.45, 7) is 1.84. The first-order valence-electron chi connectivity index (χ1n) is 3.95. The number of ketones is 1. The van der Waals surface area contributed by atoms with Gasteiger partial charge in [0.2, 0.25) is 0 Å². The Morgan fingerprint density at radius 2 is 2.42 bits per heavy atom. The topological polar surface area (TPSA) is 42.0 Å². The number of Topliss-reactive ketones (excluding diaryl/α,β-unsaturated/α-hetero) is 1. The van der Waals surface area contributed by atoms with Crippen LogP contribution in [0.25, 0.3) is 0 Å². The normalized spacial score (nSPS) is 9.50. The third kappa shape index (κ3) is 1.61. The number of hydrogen-bond acceptors (Lipinski definition) is 3. The van der Waals surface area contributed by atoms with Crippen LogP contribution in [0.15, 0.2) is 18.3 Å². The Morgan fingerprint density at radius 3 is 3.00 bits per heavy atom. The van der Waals surface area contributed by atoms with E-state index in [0.29, 0.717) is 17.8 Å². The zero-order chi connectivity index (χ0) is 8.97. The van der Waals surface area contributed by atoms with Crippen LogP contribution in [-0.2, 0) is 0 Å². The van der Waals surface area contributed by atoms with Crippen molar-refractivity contribution in [2.24, 2.45) is 0 Å². The van der Waals surface area contributed by atoms with E-state index in [9.17, 15) is 4.79 Å². The van der Waals surface area contributed by atoms with Crippen LogP contribution in [0.3, 0.4) is 0 Å². The molecule has 0 aromatic carbocycles. The minimum atomic E-state index is 0.118. The third-order valence-electron chi connectivity index (χ3n) is 1.67. The molecular weight excluding hydrogens is 152 g/mol. The highest BCUT2D eigenvalue weighted by Gasteiger charge is 2.07. The maximum atomic E-state index is 11.3. The van der Waals surface area contributed by atoms with Gasteiger partial charge in [0.1, 0.15) is 5.82 Å². The first-order chi connectivity index (χ1) is 5.79. The summed E-state index contributed by atoms with van der Waals surface area (Å²) in [5, 5.41) is 2.88. The summed E-state index contributed by atoms with van der Waals surface area (Å²) >= 11 is 0.